The number of hydrogen-bond donors (Lipinski definition) is 0. The van der Waals surface area contributed by atoms with Gasteiger partial charge in [0.15, 0.2) is 0 Å². The molecule has 0 saturated heterocycles. The molecule has 0 bridgehead atoms. The first kappa shape index (κ1) is 29.4. The second kappa shape index (κ2) is 10.7. The average Bonchev–Trinajstić information content (AvgIpc) is 3.20. The van der Waals surface area contributed by atoms with E-state index in [1.165, 1.54) is 43.8 Å². The third-order valence-corrected chi connectivity index (χ3v) is 10.6. The van der Waals surface area contributed by atoms with E-state index < -0.39 is 8.07 Å². The molecule has 0 radical (unpaired) electrons. The molecule has 4 rings (SSSR count). The van der Waals surface area contributed by atoms with Crippen LogP contribution >= 0.6 is 0 Å². The van der Waals surface area contributed by atoms with E-state index in [0.717, 1.165) is 0 Å². The van der Waals surface area contributed by atoms with Crippen molar-refractivity contribution in [3.05, 3.63) is 70.8 Å². The summed E-state index contributed by atoms with van der Waals surface area (Å²) in [6.07, 6.45) is 0. The predicted molar refractivity (Wildman–Crippen MR) is 133 cm³/mol. The van der Waals surface area contributed by atoms with E-state index >= 15 is 0 Å². The Bertz CT molecular complexity index is 1210. The minimum atomic E-state index is -1.84. The van der Waals surface area contributed by atoms with Crippen molar-refractivity contribution in [1.82, 2.24) is 0 Å². The van der Waals surface area contributed by atoms with Crippen LogP contribution in [0.4, 0.5) is 0 Å². The van der Waals surface area contributed by atoms with Gasteiger partial charge in [0.05, 0.1) is 0 Å². The molecule has 0 aromatic heterocycles. The van der Waals surface area contributed by atoms with Crippen LogP contribution in [0.1, 0.15) is 61.8 Å². The first-order valence-electron chi connectivity index (χ1n) is 11.0. The number of rotatable bonds is 4. The molecule has 4 aromatic carbocycles. The van der Waals surface area contributed by atoms with Crippen molar-refractivity contribution in [3.63, 3.8) is 0 Å². The van der Waals surface area contributed by atoms with Crippen molar-refractivity contribution in [3.8, 4) is 0 Å². The Morgan fingerprint density at radius 3 is 1.91 bits per heavy atom. The molecule has 0 atom stereocenters. The monoisotopic (exact) mass is 558 g/mol. The molecule has 4 heteroatoms. The van der Waals surface area contributed by atoms with E-state index in [2.05, 4.69) is 103 Å². The first-order chi connectivity index (χ1) is 13.6. The van der Waals surface area contributed by atoms with Gasteiger partial charge >= 0.3 is 26.2 Å². The maximum atomic E-state index is 2.54. The minimum absolute atomic E-state index is 0. The molecule has 0 aliphatic heterocycles. The van der Waals surface area contributed by atoms with Gasteiger partial charge in [0.2, 0.25) is 0 Å². The van der Waals surface area contributed by atoms with E-state index in [1.807, 2.05) is 0 Å². The van der Waals surface area contributed by atoms with Crippen molar-refractivity contribution in [2.24, 2.45) is 0 Å². The van der Waals surface area contributed by atoms with Gasteiger partial charge in [-0.25, -0.2) is 0 Å². The topological polar surface area (TPSA) is 0 Å². The van der Waals surface area contributed by atoms with Crippen LogP contribution in [-0.2, 0) is 26.2 Å². The third kappa shape index (κ3) is 4.63. The van der Waals surface area contributed by atoms with Gasteiger partial charge in [0.25, 0.3) is 0 Å². The smallest absolute Gasteiger partial charge is 1.00 e. The van der Waals surface area contributed by atoms with E-state index in [0.29, 0.717) is 11.8 Å². The van der Waals surface area contributed by atoms with Crippen LogP contribution in [0.3, 0.4) is 0 Å². The largest absolute Gasteiger partial charge is 4.00 e. The van der Waals surface area contributed by atoms with Crippen molar-refractivity contribution in [2.75, 3.05) is 0 Å². The van der Waals surface area contributed by atoms with Crippen LogP contribution in [-0.4, -0.2) is 8.07 Å². The summed E-state index contributed by atoms with van der Waals surface area (Å²) in [6, 6.07) is 18.8. The van der Waals surface area contributed by atoms with E-state index in [-0.39, 0.29) is 51.0 Å². The summed E-state index contributed by atoms with van der Waals surface area (Å²) < 4.78 is 0. The number of fused-ring (bicyclic) bond motifs is 2. The van der Waals surface area contributed by atoms with Gasteiger partial charge in [-0.2, -0.15) is 11.1 Å². The molecule has 4 aromatic rings. The Hall–Kier alpha value is -0.660. The fourth-order valence-corrected chi connectivity index (χ4v) is 8.74. The Labute approximate surface area is 226 Å². The Morgan fingerprint density at radius 2 is 1.34 bits per heavy atom. The zero-order valence-corrected chi connectivity index (χ0v) is 25.5. The number of aryl methyl sites for hydroxylation is 2. The van der Waals surface area contributed by atoms with Crippen LogP contribution in [0.15, 0.2) is 48.5 Å². The number of halogens is 2. The molecule has 0 amide bonds. The summed E-state index contributed by atoms with van der Waals surface area (Å²) in [7, 11) is -1.84. The van der Waals surface area contributed by atoms with Crippen LogP contribution < -0.4 is 35.2 Å². The quantitative estimate of drug-likeness (QED) is 0.259. The van der Waals surface area contributed by atoms with Crippen molar-refractivity contribution in [1.29, 1.82) is 0 Å². The second-order valence-electron chi connectivity index (χ2n) is 9.94. The molecule has 0 saturated carbocycles. The summed E-state index contributed by atoms with van der Waals surface area (Å²) in [5, 5.41) is 9.08. The molecular weight excluding hydrogens is 527 g/mol. The predicted octanol–water partition coefficient (Wildman–Crippen LogP) is 1.12. The number of hydrogen-bond acceptors (Lipinski definition) is 0. The molecule has 0 spiro atoms. The average molecular weight is 561 g/mol. The summed E-state index contributed by atoms with van der Waals surface area (Å²) in [5.41, 5.74) is 5.92. The first-order valence-corrected chi connectivity index (χ1v) is 14.0. The SMILES string of the molecule is Cc1c([Si](C)(C)[c-]2cc(C)c3c(C(C)C)cccc32)[cH-]c2cccc(C(C)C)c12.[Cl-].[Cl-].[Zr+4]. The van der Waals surface area contributed by atoms with Crippen molar-refractivity contribution < 1.29 is 51.0 Å². The van der Waals surface area contributed by atoms with Gasteiger partial charge in [0.1, 0.15) is 0 Å². The van der Waals surface area contributed by atoms with Crippen LogP contribution in [0.5, 0.6) is 0 Å². The molecule has 0 N–H and O–H groups in total. The van der Waals surface area contributed by atoms with E-state index in [1.54, 1.807) is 10.4 Å². The van der Waals surface area contributed by atoms with Gasteiger partial charge in [0, 0.05) is 8.07 Å². The third-order valence-electron chi connectivity index (χ3n) is 6.94. The van der Waals surface area contributed by atoms with Gasteiger partial charge in [-0.05, 0) is 11.8 Å². The molecule has 0 nitrogen and oxygen atoms in total. The molecular formula is C28H34Cl2SiZr. The van der Waals surface area contributed by atoms with Crippen LogP contribution in [0.2, 0.25) is 13.1 Å². The maximum Gasteiger partial charge on any atom is 4.00 e. The van der Waals surface area contributed by atoms with Crippen molar-refractivity contribution in [2.45, 2.75) is 66.5 Å². The zero-order valence-electron chi connectivity index (χ0n) is 20.5. The van der Waals surface area contributed by atoms with E-state index in [4.69, 9.17) is 0 Å². The fraction of sp³-hybridized carbons (Fsp3) is 0.357. The van der Waals surface area contributed by atoms with E-state index in [9.17, 15) is 0 Å². The Morgan fingerprint density at radius 1 is 0.812 bits per heavy atom. The van der Waals surface area contributed by atoms with Crippen molar-refractivity contribution >= 4 is 40.0 Å². The fourth-order valence-electron chi connectivity index (χ4n) is 5.42. The number of benzene rings is 2. The summed E-state index contributed by atoms with van der Waals surface area (Å²) in [4.78, 5) is 0. The van der Waals surface area contributed by atoms with Gasteiger partial charge in [-0.3, -0.25) is 0 Å². The second-order valence-corrected chi connectivity index (χ2v) is 14.3. The van der Waals surface area contributed by atoms with Crippen LogP contribution in [0, 0.1) is 13.8 Å². The zero-order chi connectivity index (χ0) is 21.1. The van der Waals surface area contributed by atoms with Gasteiger partial charge < -0.3 is 24.8 Å². The Kier molecular flexibility index (Phi) is 9.85. The van der Waals surface area contributed by atoms with Crippen LogP contribution in [0.25, 0.3) is 21.5 Å². The van der Waals surface area contributed by atoms with Gasteiger partial charge in [-0.15, -0.1) is 68.3 Å². The molecule has 0 aliphatic rings. The normalized spacial score (nSPS) is 11.6. The molecule has 0 aliphatic carbocycles. The molecule has 0 heterocycles. The molecule has 168 valence electrons. The summed E-state index contributed by atoms with van der Waals surface area (Å²) in [5.74, 6) is 1.10. The molecule has 0 unspecified atom stereocenters. The molecule has 32 heavy (non-hydrogen) atoms. The maximum absolute atomic E-state index is 2.54. The molecule has 0 fully saturated rings. The standard InChI is InChI=1S/C28H34Si.2ClH.Zr/c1-17(2)22-13-10-14-24-26(15-19(5)27(22)24)29(7,8)25-16-21-11-9-12-23(18(3)4)28(21)20(25)6;;;/h9-18H,1-8H3;2*1H;/q-2;;;+4/p-2. The minimum Gasteiger partial charge on any atom is -1.00 e. The summed E-state index contributed by atoms with van der Waals surface area (Å²) >= 11 is 0. The summed E-state index contributed by atoms with van der Waals surface area (Å²) in [6.45, 7) is 19.0. The van der Waals surface area contributed by atoms with Gasteiger partial charge in [-0.1, -0.05) is 77.9 Å². The Balaban J connectivity index is 0.00000171.